The molecule has 1 aliphatic rings. The van der Waals surface area contributed by atoms with Gasteiger partial charge < -0.3 is 20.3 Å². The predicted octanol–water partition coefficient (Wildman–Crippen LogP) is 2.32. The molecule has 1 aromatic heterocycles. The first-order valence-corrected chi connectivity index (χ1v) is 15.8. The van der Waals surface area contributed by atoms with E-state index < -0.39 is 83.4 Å². The summed E-state index contributed by atoms with van der Waals surface area (Å²) >= 11 is 0. The molecule has 1 fully saturated rings. The summed E-state index contributed by atoms with van der Waals surface area (Å²) in [6.45, 7) is 9.72. The van der Waals surface area contributed by atoms with Crippen LogP contribution in [-0.2, 0) is 33.5 Å². The van der Waals surface area contributed by atoms with Gasteiger partial charge in [-0.25, -0.2) is 4.98 Å². The maximum atomic E-state index is 14.7. The van der Waals surface area contributed by atoms with Gasteiger partial charge in [0.1, 0.15) is 17.8 Å². The van der Waals surface area contributed by atoms with Gasteiger partial charge in [0, 0.05) is 50.0 Å². The average molecular weight is 666 g/mol. The molecule has 3 amide bonds. The van der Waals surface area contributed by atoms with Crippen molar-refractivity contribution in [2.75, 3.05) is 13.1 Å². The largest absolute Gasteiger partial charge is 0.463 e. The van der Waals surface area contributed by atoms with E-state index in [1.807, 2.05) is 5.32 Å². The summed E-state index contributed by atoms with van der Waals surface area (Å²) in [5, 5.41) is 4.65. The van der Waals surface area contributed by atoms with Crippen molar-refractivity contribution in [3.05, 3.63) is 24.3 Å². The molecule has 260 valence electrons. The summed E-state index contributed by atoms with van der Waals surface area (Å²) in [4.78, 5) is 98.8. The van der Waals surface area contributed by atoms with Crippen LogP contribution in [0.4, 0.5) is 8.78 Å². The third kappa shape index (κ3) is 10.2. The molecule has 1 aromatic rings. The molecule has 2 rings (SSSR count). The Morgan fingerprint density at radius 2 is 1.74 bits per heavy atom. The number of ketones is 3. The number of rotatable bonds is 19. The Hall–Kier alpha value is -4.17. The Morgan fingerprint density at radius 3 is 2.28 bits per heavy atom. The van der Waals surface area contributed by atoms with E-state index in [-0.39, 0.29) is 56.9 Å². The number of alkyl halides is 2. The Bertz CT molecular complexity index is 1290. The molecule has 1 saturated heterocycles. The van der Waals surface area contributed by atoms with Crippen LogP contribution in [0.5, 0.6) is 0 Å². The minimum Gasteiger partial charge on any atom is -0.463 e. The van der Waals surface area contributed by atoms with Crippen LogP contribution in [0.15, 0.2) is 18.6 Å². The normalized spacial score (nSPS) is 18.3. The van der Waals surface area contributed by atoms with Gasteiger partial charge in [0.15, 0.2) is 11.6 Å². The van der Waals surface area contributed by atoms with Gasteiger partial charge in [-0.05, 0) is 25.2 Å². The van der Waals surface area contributed by atoms with E-state index in [1.54, 1.807) is 34.6 Å². The second-order valence-corrected chi connectivity index (χ2v) is 12.3. The van der Waals surface area contributed by atoms with Crippen molar-refractivity contribution in [1.29, 1.82) is 0 Å². The Labute approximate surface area is 273 Å². The second-order valence-electron chi connectivity index (χ2n) is 12.3. The van der Waals surface area contributed by atoms with Crippen molar-refractivity contribution in [2.45, 2.75) is 97.8 Å². The Kier molecular flexibility index (Phi) is 14.7. The first kappa shape index (κ1) is 39.0. The average Bonchev–Trinajstić information content (AvgIpc) is 3.45. The molecule has 1 aliphatic heterocycles. The summed E-state index contributed by atoms with van der Waals surface area (Å²) in [6, 6.07) is -2.43. The maximum absolute atomic E-state index is 14.7. The number of Topliss-reactive ketones (excluding diaryl/α,β-unsaturated/α-hetero) is 3. The number of likely N-dealkylation sites (tertiary alicyclic amines) is 1. The summed E-state index contributed by atoms with van der Waals surface area (Å²) in [7, 11) is 0. The van der Waals surface area contributed by atoms with Gasteiger partial charge in [-0.3, -0.25) is 38.5 Å². The molecule has 0 spiro atoms. The number of nitrogens with zero attached hydrogens (tertiary/aromatic N) is 3. The molecule has 47 heavy (non-hydrogen) atoms. The first-order chi connectivity index (χ1) is 22.1. The van der Waals surface area contributed by atoms with E-state index in [9.17, 15) is 42.3 Å². The maximum Gasteiger partial charge on any atom is 0.381 e. The number of amides is 3. The zero-order chi connectivity index (χ0) is 35.5. The first-order valence-electron chi connectivity index (χ1n) is 15.8. The monoisotopic (exact) mass is 665 g/mol. The molecule has 0 bridgehead atoms. The molecule has 5 atom stereocenters. The Morgan fingerprint density at radius 1 is 1.06 bits per heavy atom. The molecule has 13 nitrogen and oxygen atoms in total. The minimum absolute atomic E-state index is 0.0886. The van der Waals surface area contributed by atoms with E-state index >= 15 is 0 Å². The van der Waals surface area contributed by atoms with Gasteiger partial charge in [0.05, 0.1) is 18.8 Å². The fraction of sp³-hybridized carbons (Fsp3) is 0.656. The van der Waals surface area contributed by atoms with Crippen LogP contribution in [0.25, 0.3) is 0 Å². The minimum atomic E-state index is -4.36. The number of aromatic nitrogens is 2. The fourth-order valence-corrected chi connectivity index (χ4v) is 5.55. The number of hydrogen-bond donors (Lipinski definition) is 2. The lowest BCUT2D eigenvalue weighted by Crippen LogP contribution is -2.55. The second kappa shape index (κ2) is 17.7. The van der Waals surface area contributed by atoms with Crippen molar-refractivity contribution < 1.29 is 47.1 Å². The summed E-state index contributed by atoms with van der Waals surface area (Å²) < 4.78 is 34.5. The van der Waals surface area contributed by atoms with Crippen molar-refractivity contribution in [3.8, 4) is 0 Å². The number of hydrogen-bond acceptors (Lipinski definition) is 10. The molecule has 0 unspecified atom stereocenters. The highest BCUT2D eigenvalue weighted by Gasteiger charge is 2.51. The van der Waals surface area contributed by atoms with Gasteiger partial charge >= 0.3 is 5.92 Å². The van der Waals surface area contributed by atoms with Crippen molar-refractivity contribution >= 4 is 41.5 Å². The molecule has 15 heteroatoms. The van der Waals surface area contributed by atoms with Gasteiger partial charge in [-0.15, -0.1) is 0 Å². The molecule has 0 aromatic carbocycles. The van der Waals surface area contributed by atoms with Crippen LogP contribution < -0.4 is 10.6 Å². The SMILES string of the molecule is CCC[C@H](CC(=O)[C@@H]1C[C@@H](OC=O)CN1C(=O)[C@@H](NC(=O)[C@@H](CC(=O)c1cnccn1)C(C)C)C(C)C)C(=O)C(F)(F)C(=O)NCC. The zero-order valence-corrected chi connectivity index (χ0v) is 27.7. The molecular formula is C32H45F2N5O8. The molecule has 2 N–H and O–H groups in total. The number of carbonyl (C=O) groups is 7. The number of halogens is 2. The van der Waals surface area contributed by atoms with Crippen LogP contribution in [0, 0.1) is 23.7 Å². The molecule has 0 radical (unpaired) electrons. The van der Waals surface area contributed by atoms with Crippen molar-refractivity contribution in [1.82, 2.24) is 25.5 Å². The van der Waals surface area contributed by atoms with E-state index in [2.05, 4.69) is 15.3 Å². The third-order valence-corrected chi connectivity index (χ3v) is 8.18. The standard InChI is InChI=1S/C32H45F2N5O8/c1-7-9-20(28(43)32(33,34)31(46)36-8-2)12-26(42)24-13-21(47-17-40)16-39(24)30(45)27(19(5)6)38-29(44)22(18(3)4)14-25(41)23-15-35-10-11-37-23/h10-11,15,17-22,24,27H,7-9,12-14,16H2,1-6H3,(H,36,46)(H,38,44)/t20-,21-,22+,24+,27+/m1/s1. The fourth-order valence-electron chi connectivity index (χ4n) is 5.55. The van der Waals surface area contributed by atoms with Crippen molar-refractivity contribution in [2.24, 2.45) is 23.7 Å². The summed E-state index contributed by atoms with van der Waals surface area (Å²) in [6.07, 6.45) is 2.28. The lowest BCUT2D eigenvalue weighted by Gasteiger charge is -2.32. The highest BCUT2D eigenvalue weighted by atomic mass is 19.3. The molecular weight excluding hydrogens is 620 g/mol. The third-order valence-electron chi connectivity index (χ3n) is 8.18. The van der Waals surface area contributed by atoms with Crippen LogP contribution in [0.1, 0.15) is 84.1 Å². The van der Waals surface area contributed by atoms with Crippen LogP contribution >= 0.6 is 0 Å². The van der Waals surface area contributed by atoms with E-state index in [0.29, 0.717) is 0 Å². The van der Waals surface area contributed by atoms with Crippen LogP contribution in [0.3, 0.4) is 0 Å². The lowest BCUT2D eigenvalue weighted by molar-refractivity contribution is -0.162. The molecule has 0 saturated carbocycles. The van der Waals surface area contributed by atoms with E-state index in [0.717, 1.165) is 4.90 Å². The van der Waals surface area contributed by atoms with Crippen molar-refractivity contribution in [3.63, 3.8) is 0 Å². The van der Waals surface area contributed by atoms with Gasteiger partial charge in [-0.1, -0.05) is 41.0 Å². The van der Waals surface area contributed by atoms with Gasteiger partial charge in [0.2, 0.25) is 17.6 Å². The van der Waals surface area contributed by atoms with Gasteiger partial charge in [-0.2, -0.15) is 8.78 Å². The highest BCUT2D eigenvalue weighted by Crippen LogP contribution is 2.30. The van der Waals surface area contributed by atoms with Gasteiger partial charge in [0.25, 0.3) is 12.4 Å². The summed E-state index contributed by atoms with van der Waals surface area (Å²) in [5.74, 6) is -13.4. The quantitative estimate of drug-likeness (QED) is 0.126. The topological polar surface area (TPSA) is 182 Å². The van der Waals surface area contributed by atoms with Crippen LogP contribution in [0.2, 0.25) is 0 Å². The van der Waals surface area contributed by atoms with Crippen LogP contribution in [-0.4, -0.2) is 93.6 Å². The zero-order valence-electron chi connectivity index (χ0n) is 27.7. The number of ether oxygens (including phenoxy) is 1. The highest BCUT2D eigenvalue weighted by molar-refractivity contribution is 6.09. The smallest absolute Gasteiger partial charge is 0.381 e. The molecule has 2 heterocycles. The molecule has 0 aliphatic carbocycles. The van der Waals surface area contributed by atoms with E-state index in [1.165, 1.54) is 25.5 Å². The predicted molar refractivity (Wildman–Crippen MR) is 164 cm³/mol. The number of carbonyl (C=O) groups excluding carboxylic acids is 7. The Balaban J connectivity index is 2.32. The number of nitrogens with one attached hydrogen (secondary N) is 2. The lowest BCUT2D eigenvalue weighted by atomic mass is 9.87. The summed E-state index contributed by atoms with van der Waals surface area (Å²) in [5.41, 5.74) is 0.0886. The van der Waals surface area contributed by atoms with E-state index in [4.69, 9.17) is 4.74 Å².